The minimum Gasteiger partial charge on any atom is -0.455 e. The Labute approximate surface area is 711 Å². The molecule has 582 valence electrons. The Bertz CT molecular complexity index is 7710. The van der Waals surface area contributed by atoms with Gasteiger partial charge in [-0.3, -0.25) is 14.4 Å². The van der Waals surface area contributed by atoms with Crippen LogP contribution in [0.3, 0.4) is 0 Å². The van der Waals surface area contributed by atoms with Crippen molar-refractivity contribution in [2.75, 3.05) is 5.32 Å². The summed E-state index contributed by atoms with van der Waals surface area (Å²) in [5.41, 5.74) is 21.7. The Morgan fingerprint density at radius 3 is 1.52 bits per heavy atom. The van der Waals surface area contributed by atoms with Crippen LogP contribution < -0.4 is 21.6 Å². The van der Waals surface area contributed by atoms with Crippen molar-refractivity contribution < 1.29 is 4.42 Å². The van der Waals surface area contributed by atoms with Gasteiger partial charge in [0.1, 0.15) is 60.7 Å². The fourth-order valence-electron chi connectivity index (χ4n) is 14.7. The first-order valence-corrected chi connectivity index (χ1v) is 39.5. The highest BCUT2D eigenvalue weighted by Gasteiger charge is 2.25. The van der Waals surface area contributed by atoms with Crippen molar-refractivity contribution in [3.8, 4) is 95.4 Å². The van der Waals surface area contributed by atoms with Crippen molar-refractivity contribution in [3.05, 3.63) is 344 Å². The van der Waals surface area contributed by atoms with E-state index in [0.29, 0.717) is 111 Å². The lowest BCUT2D eigenvalue weighted by Gasteiger charge is -2.17. The topological polar surface area (TPSA) is 284 Å². The van der Waals surface area contributed by atoms with Crippen molar-refractivity contribution in [1.29, 1.82) is 5.26 Å². The predicted molar refractivity (Wildman–Crippen MR) is 484 cm³/mol. The lowest BCUT2D eigenvalue weighted by Crippen LogP contribution is -2.06. The molecule has 19 aromatic rings. The number of thiophene rings is 1. The van der Waals surface area contributed by atoms with Gasteiger partial charge in [-0.05, 0) is 200 Å². The van der Waals surface area contributed by atoms with Gasteiger partial charge in [-0.15, -0.1) is 11.3 Å². The smallest absolute Gasteiger partial charge is 0.191 e. The number of hydrogen-bond acceptors (Lipinski definition) is 15. The number of furan rings is 1. The second-order valence-corrected chi connectivity index (χ2v) is 31.0. The summed E-state index contributed by atoms with van der Waals surface area (Å²) in [6.45, 7) is 33.2. The molecule has 0 radical (unpaired) electrons. The molecule has 0 saturated carbocycles. The molecule has 22 nitrogen and oxygen atoms in total. The highest BCUT2D eigenvalue weighted by Crippen LogP contribution is 2.44. The summed E-state index contributed by atoms with van der Waals surface area (Å²) in [6.07, 6.45) is 8.66. The van der Waals surface area contributed by atoms with Crippen molar-refractivity contribution in [2.24, 2.45) is 7.05 Å². The van der Waals surface area contributed by atoms with Crippen molar-refractivity contribution in [2.45, 2.75) is 27.7 Å². The number of anilines is 1. The van der Waals surface area contributed by atoms with Crippen LogP contribution in [0.25, 0.3) is 186 Å². The zero-order valence-corrected chi connectivity index (χ0v) is 68.2. The lowest BCUT2D eigenvalue weighted by molar-refractivity contribution is 0.629. The van der Waals surface area contributed by atoms with Crippen LogP contribution in [0.1, 0.15) is 33.9 Å². The Morgan fingerprint density at radius 2 is 0.975 bits per heavy atom. The predicted octanol–water partition coefficient (Wildman–Crippen LogP) is 24.0. The first kappa shape index (κ1) is 78.2. The SMILES string of the molecule is Cc1cc(-c2cc3c(=O)cc[nH]c3nc2-c2cc3cccc(C#N)c3n2C)cc(Cl)n1.[C-]#[N+]c1ccc2cc(-c3nc4[nH]ccc(=O)c4cc3-c3cc(C)nc(Cl)c3)[nH]c2c1.[C-]#[N+]c1ccc2cc(-c3nc4[nH]ccc(=O)c4cc3-c3cc(C)nc(Cl)c3)sc2c1.[C-]#[N+]c1ccc2oc(-c3nc4c(cc3-c3cc(C)nc(Cl)c3)C=CC(=C)N4)cc2c1. The van der Waals surface area contributed by atoms with Gasteiger partial charge in [-0.25, -0.2) is 54.4 Å². The first-order valence-electron chi connectivity index (χ1n) is 37.2. The van der Waals surface area contributed by atoms with Gasteiger partial charge >= 0.3 is 0 Å². The normalized spacial score (nSPS) is 11.5. The molecule has 1 aliphatic rings. The molecule has 15 aromatic heterocycles. The molecule has 1 aliphatic heterocycles. The van der Waals surface area contributed by atoms with Crippen LogP contribution in [-0.4, -0.2) is 64.4 Å². The molecule has 5 N–H and O–H groups in total. The Morgan fingerprint density at radius 1 is 0.479 bits per heavy atom. The summed E-state index contributed by atoms with van der Waals surface area (Å²) in [4.78, 5) is 97.6. The van der Waals surface area contributed by atoms with E-state index in [0.717, 1.165) is 138 Å². The van der Waals surface area contributed by atoms with E-state index in [1.54, 1.807) is 72.4 Å². The number of rotatable bonds is 8. The fourth-order valence-corrected chi connectivity index (χ4v) is 16.8. The van der Waals surface area contributed by atoms with E-state index >= 15 is 0 Å². The molecule has 0 spiro atoms. The average molecular weight is 1680 g/mol. The van der Waals surface area contributed by atoms with Gasteiger partial charge in [0.25, 0.3) is 0 Å². The zero-order valence-electron chi connectivity index (χ0n) is 64.4. The molecule has 0 amide bonds. The molecule has 0 saturated heterocycles. The molecule has 0 aliphatic carbocycles. The maximum atomic E-state index is 12.5. The molecular weight excluding hydrogens is 1620 g/mol. The van der Waals surface area contributed by atoms with Gasteiger partial charge in [0.05, 0.1) is 80.3 Å². The number of H-pyrrole nitrogens is 4. The maximum Gasteiger partial charge on any atom is 0.191 e. The van der Waals surface area contributed by atoms with Gasteiger partial charge in [-0.1, -0.05) is 95.4 Å². The second-order valence-electron chi connectivity index (χ2n) is 28.4. The third kappa shape index (κ3) is 15.8. The highest BCUT2D eigenvalue weighted by molar-refractivity contribution is 7.22. The van der Waals surface area contributed by atoms with Gasteiger partial charge < -0.3 is 34.2 Å². The standard InChI is InChI=1S/C24H16ClN5O.C24H15ClN4O.C23H14ClN5O.C23H13ClN4OS/c1-13-8-16(10-21(25)28-13)17-11-18-20(31)6-7-27-24(18)29-22(17)19-9-14-4-3-5-15(12-26)23(14)30(19)2;1-13-4-5-15-10-19(16-8-14(2)27-22(25)12-16)23(29-24(15)28-13)21-11-17-9-18(26-3)6-7-20(17)30-21;1-12-7-14(9-21(24)27-12)16-11-17-20(30)5-6-26-23(17)29-22(16)19-8-13-3-4-15(25-2)10-18(13)28-19;1-12-7-14(9-21(24)27-12)16-11-17-18(29)5-6-26-23(17)28-22(16)20-8-13-3-4-15(25-2)10-19(13)30-20/h3-11H,1-2H3,(H,27,29,31);4-12H,1H2,2H3,(H,28,29);3-11,28H,1H3,(H,26,29,30);3-11H,1H3,(H,26,28,29). The van der Waals surface area contributed by atoms with E-state index in [2.05, 4.69) is 84.5 Å². The zero-order chi connectivity index (χ0) is 84.2. The summed E-state index contributed by atoms with van der Waals surface area (Å²) in [5.74, 6) is 1.32. The molecule has 0 unspecified atom stereocenters. The molecule has 0 fully saturated rings. The number of benzene rings is 4. The summed E-state index contributed by atoms with van der Waals surface area (Å²) < 4.78 is 9.08. The third-order valence-electron chi connectivity index (χ3n) is 20.1. The van der Waals surface area contributed by atoms with Crippen molar-refractivity contribution in [3.63, 3.8) is 0 Å². The van der Waals surface area contributed by atoms with Crippen LogP contribution in [0.5, 0.6) is 0 Å². The van der Waals surface area contributed by atoms with Crippen molar-refractivity contribution in [1.82, 2.24) is 64.4 Å². The third-order valence-corrected chi connectivity index (χ3v) is 22.0. The maximum absolute atomic E-state index is 12.5. The fraction of sp³-hybridized carbons (Fsp3) is 0.0532. The van der Waals surface area contributed by atoms with E-state index < -0.39 is 0 Å². The number of halogens is 4. The van der Waals surface area contributed by atoms with E-state index in [1.807, 2.05) is 167 Å². The Balaban J connectivity index is 0.000000115. The number of aromatic nitrogens is 13. The summed E-state index contributed by atoms with van der Waals surface area (Å²) in [5, 5.41) is 19.6. The van der Waals surface area contributed by atoms with Gasteiger partial charge in [0.15, 0.2) is 39.1 Å². The number of aromatic amines is 4. The van der Waals surface area contributed by atoms with E-state index in [4.69, 9.17) is 90.5 Å². The summed E-state index contributed by atoms with van der Waals surface area (Å²) in [6, 6.07) is 59.2. The molecular formula is C94H58Cl4N18O4S. The molecule has 0 atom stereocenters. The number of nitriles is 1. The van der Waals surface area contributed by atoms with Crippen LogP contribution in [-0.2, 0) is 7.05 Å². The summed E-state index contributed by atoms with van der Waals surface area (Å²) in [7, 11) is 1.91. The molecule has 121 heavy (non-hydrogen) atoms. The average Bonchev–Trinajstić information content (AvgIpc) is 1.74. The van der Waals surface area contributed by atoms with Crippen LogP contribution in [0.15, 0.2) is 244 Å². The number of nitrogens with zero attached hydrogens (tertiary/aromatic N) is 13. The van der Waals surface area contributed by atoms with E-state index in [1.165, 1.54) is 18.2 Å². The molecule has 16 heterocycles. The van der Waals surface area contributed by atoms with Crippen LogP contribution in [0.4, 0.5) is 22.9 Å². The lowest BCUT2D eigenvalue weighted by atomic mass is 9.99. The quantitative estimate of drug-likeness (QED) is 0.0699. The van der Waals surface area contributed by atoms with E-state index in [9.17, 15) is 19.6 Å². The van der Waals surface area contributed by atoms with Gasteiger partial charge in [0.2, 0.25) is 0 Å². The van der Waals surface area contributed by atoms with Gasteiger partial charge in [0, 0.05) is 121 Å². The highest BCUT2D eigenvalue weighted by atomic mass is 35.5. The van der Waals surface area contributed by atoms with E-state index in [-0.39, 0.29) is 16.3 Å². The molecule has 27 heteroatoms. The summed E-state index contributed by atoms with van der Waals surface area (Å²) >= 11 is 26.5. The van der Waals surface area contributed by atoms with Crippen LogP contribution in [0, 0.1) is 58.7 Å². The number of nitrogens with one attached hydrogen (secondary N) is 5. The van der Waals surface area contributed by atoms with Crippen LogP contribution >= 0.6 is 57.7 Å². The number of aryl methyl sites for hydroxylation is 5. The first-order chi connectivity index (χ1) is 58.5. The minimum atomic E-state index is -0.116. The number of hydrogen-bond donors (Lipinski definition) is 5. The second kappa shape index (κ2) is 32.3. The van der Waals surface area contributed by atoms with Crippen LogP contribution in [0.2, 0.25) is 20.6 Å². The number of pyridine rings is 11. The molecule has 20 rings (SSSR count). The largest absolute Gasteiger partial charge is 0.455 e. The Kier molecular flexibility index (Phi) is 20.9. The van der Waals surface area contributed by atoms with Gasteiger partial charge in [-0.2, -0.15) is 5.26 Å². The molecule has 4 aromatic carbocycles. The minimum absolute atomic E-state index is 0.0982. The number of fused-ring (bicyclic) bond motifs is 8. The Hall–Kier alpha value is -15.3. The number of allylic oxidation sites excluding steroid dienone is 1. The monoisotopic (exact) mass is 1670 g/mol. The molecule has 0 bridgehead atoms. The van der Waals surface area contributed by atoms with Crippen molar-refractivity contribution >= 4 is 163 Å². The number of para-hydroxylation sites is 1.